The van der Waals surface area contributed by atoms with Gasteiger partial charge in [0, 0.05) is 26.4 Å². The first kappa shape index (κ1) is 36.2. The Hall–Kier alpha value is -3.66. The van der Waals surface area contributed by atoms with Gasteiger partial charge in [-0.15, -0.1) is 20.4 Å². The molecule has 252 valence electrons. The molecule has 0 unspecified atom stereocenters. The lowest BCUT2D eigenvalue weighted by molar-refractivity contribution is -0.225. The minimum Gasteiger partial charge on any atom is -0.366 e. The number of amides is 2. The van der Waals surface area contributed by atoms with E-state index in [0.717, 1.165) is 34.0 Å². The zero-order valence-electron chi connectivity index (χ0n) is 27.3. The van der Waals surface area contributed by atoms with Crippen LogP contribution in [0.3, 0.4) is 0 Å². The normalized spacial score (nSPS) is 13.2. The molecule has 0 spiro atoms. The van der Waals surface area contributed by atoms with Gasteiger partial charge in [0.15, 0.2) is 11.6 Å². The van der Waals surface area contributed by atoms with E-state index in [4.69, 9.17) is 14.2 Å². The quantitative estimate of drug-likeness (QED) is 0.0876. The molecule has 0 aliphatic heterocycles. The summed E-state index contributed by atoms with van der Waals surface area (Å²) >= 11 is 2.65. The summed E-state index contributed by atoms with van der Waals surface area (Å²) in [6.45, 7) is 6.59. The van der Waals surface area contributed by atoms with E-state index < -0.39 is 29.7 Å². The Balaban J connectivity index is 1.22. The lowest BCUT2D eigenvalue weighted by Gasteiger charge is -2.29. The molecule has 0 aliphatic rings. The number of aromatic nitrogens is 4. The Morgan fingerprint density at radius 1 is 0.809 bits per heavy atom. The number of nitrogens with one attached hydrogen (secondary N) is 2. The molecule has 2 aromatic carbocycles. The Morgan fingerprint density at radius 3 is 1.91 bits per heavy atom. The van der Waals surface area contributed by atoms with Crippen molar-refractivity contribution in [1.29, 1.82) is 0 Å². The number of anilines is 2. The number of carbonyl (C=O) groups is 2. The number of benzene rings is 2. The molecule has 0 fully saturated rings. The van der Waals surface area contributed by atoms with Gasteiger partial charge < -0.3 is 24.6 Å². The van der Waals surface area contributed by atoms with Crippen molar-refractivity contribution in [2.24, 2.45) is 0 Å². The highest BCUT2D eigenvalue weighted by molar-refractivity contribution is 7.15. The molecule has 0 saturated carbocycles. The second-order valence-electron chi connectivity index (χ2n) is 11.8. The van der Waals surface area contributed by atoms with Crippen LogP contribution in [0.15, 0.2) is 60.7 Å². The lowest BCUT2D eigenvalue weighted by atomic mass is 10.1. The lowest BCUT2D eigenvalue weighted by Crippen LogP contribution is -2.39. The van der Waals surface area contributed by atoms with Gasteiger partial charge in [-0.2, -0.15) is 0 Å². The van der Waals surface area contributed by atoms with Gasteiger partial charge in [0.05, 0.1) is 12.5 Å². The molecule has 14 heteroatoms. The maximum absolute atomic E-state index is 13.0. The summed E-state index contributed by atoms with van der Waals surface area (Å²) in [4.78, 5) is 25.9. The molecular formula is C33H42N6O6S2. The molecule has 0 radical (unpaired) electrons. The van der Waals surface area contributed by atoms with Crippen LogP contribution in [0.2, 0.25) is 0 Å². The minimum atomic E-state index is -1.48. The van der Waals surface area contributed by atoms with Gasteiger partial charge in [0.1, 0.15) is 16.1 Å². The van der Waals surface area contributed by atoms with E-state index >= 15 is 0 Å². The average molecular weight is 683 g/mol. The highest BCUT2D eigenvalue weighted by Crippen LogP contribution is 2.29. The number of carbonyl (C=O) groups excluding carboxylic acids is 2. The number of unbranched alkanes of at least 4 members (excludes halogenated alkanes) is 1. The van der Waals surface area contributed by atoms with Gasteiger partial charge in [0.2, 0.25) is 16.2 Å². The number of aliphatic hydroxyl groups is 1. The molecular weight excluding hydrogens is 641 g/mol. The van der Waals surface area contributed by atoms with Gasteiger partial charge in [-0.25, -0.2) is 0 Å². The van der Waals surface area contributed by atoms with E-state index in [1.165, 1.54) is 36.5 Å². The smallest absolute Gasteiger partial charge is 0.255 e. The first-order valence-electron chi connectivity index (χ1n) is 15.4. The summed E-state index contributed by atoms with van der Waals surface area (Å²) in [5.74, 6) is -2.98. The molecule has 2 atom stereocenters. The number of methoxy groups -OCH3 is 1. The van der Waals surface area contributed by atoms with Crippen LogP contribution in [0.1, 0.15) is 74.2 Å². The number of hydrogen-bond acceptors (Lipinski definition) is 12. The molecule has 47 heavy (non-hydrogen) atoms. The van der Waals surface area contributed by atoms with Crippen molar-refractivity contribution in [3.05, 3.63) is 81.8 Å². The Bertz CT molecular complexity index is 1560. The van der Waals surface area contributed by atoms with Gasteiger partial charge in [-0.3, -0.25) is 14.9 Å². The summed E-state index contributed by atoms with van der Waals surface area (Å²) in [6.07, 6.45) is 2.03. The van der Waals surface area contributed by atoms with Crippen LogP contribution < -0.4 is 10.6 Å². The third-order valence-corrected chi connectivity index (χ3v) is 8.69. The number of hydrogen-bond donors (Lipinski definition) is 3. The maximum atomic E-state index is 13.0. The van der Waals surface area contributed by atoms with Crippen LogP contribution >= 0.6 is 22.7 Å². The second kappa shape index (κ2) is 16.9. The van der Waals surface area contributed by atoms with Gasteiger partial charge in [-0.1, -0.05) is 83.3 Å². The molecule has 2 aromatic heterocycles. The molecule has 4 rings (SSSR count). The molecule has 2 heterocycles. The summed E-state index contributed by atoms with van der Waals surface area (Å²) < 4.78 is 17.2. The number of rotatable bonds is 18. The molecule has 3 N–H and O–H groups in total. The first-order chi connectivity index (χ1) is 22.4. The fourth-order valence-corrected chi connectivity index (χ4v) is 6.12. The van der Waals surface area contributed by atoms with Crippen molar-refractivity contribution in [2.75, 3.05) is 17.7 Å². The predicted octanol–water partition coefficient (Wildman–Crippen LogP) is 5.72. The molecule has 12 nitrogen and oxygen atoms in total. The number of nitrogens with zero attached hydrogens (tertiary/aromatic N) is 4. The summed E-state index contributed by atoms with van der Waals surface area (Å²) in [6, 6.07) is 19.0. The van der Waals surface area contributed by atoms with Crippen LogP contribution in [0.5, 0.6) is 0 Å². The first-order valence-corrected chi connectivity index (χ1v) is 17.0. The van der Waals surface area contributed by atoms with E-state index in [-0.39, 0.29) is 12.3 Å². The monoisotopic (exact) mass is 682 g/mol. The average Bonchev–Trinajstić information content (AvgIpc) is 3.67. The van der Waals surface area contributed by atoms with Crippen LogP contribution in [-0.2, 0) is 43.1 Å². The van der Waals surface area contributed by atoms with E-state index in [2.05, 4.69) is 31.0 Å². The topological polar surface area (TPSA) is 158 Å². The maximum Gasteiger partial charge on any atom is 0.255 e. The zero-order valence-corrected chi connectivity index (χ0v) is 28.9. The van der Waals surface area contributed by atoms with Crippen molar-refractivity contribution >= 4 is 44.8 Å². The highest BCUT2D eigenvalue weighted by atomic mass is 32.1. The largest absolute Gasteiger partial charge is 0.366 e. The van der Waals surface area contributed by atoms with Crippen LogP contribution in [0, 0.1) is 0 Å². The van der Waals surface area contributed by atoms with E-state index in [0.29, 0.717) is 29.5 Å². The van der Waals surface area contributed by atoms with E-state index in [9.17, 15) is 14.7 Å². The van der Waals surface area contributed by atoms with Crippen molar-refractivity contribution in [1.82, 2.24) is 20.4 Å². The Labute approximate surface area is 282 Å². The van der Waals surface area contributed by atoms with E-state index in [1.807, 2.05) is 60.7 Å². The van der Waals surface area contributed by atoms with Gasteiger partial charge >= 0.3 is 0 Å². The molecule has 0 bridgehead atoms. The zero-order chi connectivity index (χ0) is 33.9. The Morgan fingerprint density at radius 2 is 1.36 bits per heavy atom. The standard InChI is InChI=1S/C33H42N6O6S2/c1-32(2,42)44-25(20-22-14-8-6-9-15-22)29(41)35-31-39-37-28(47-31)19-13-12-18-27-36-38-30(46-27)34-26(40)21-24(45-33(3,4)43-5)23-16-10-7-11-17-23/h6-11,14-17,24-25,42H,12-13,18-21H2,1-5H3,(H,34,38,40)(H,35,39,41)/t24-,25-/m0/s1. The summed E-state index contributed by atoms with van der Waals surface area (Å²) in [5, 5.41) is 34.9. The molecule has 0 aliphatic carbocycles. The SMILES string of the molecule is COC(C)(C)O[C@@H](CC(=O)Nc1nnc(CCCCc2nnc(NC(=O)[C@H](Cc3ccccc3)OC(C)(C)O)s2)s1)c1ccccc1. The molecule has 4 aromatic rings. The second-order valence-corrected chi connectivity index (χ2v) is 13.9. The minimum absolute atomic E-state index is 0.0934. The van der Waals surface area contributed by atoms with E-state index in [1.54, 1.807) is 21.0 Å². The van der Waals surface area contributed by atoms with Gasteiger partial charge in [0.25, 0.3) is 5.91 Å². The third kappa shape index (κ3) is 12.5. The Kier molecular flexibility index (Phi) is 13.0. The van der Waals surface area contributed by atoms with Crippen molar-refractivity contribution in [3.63, 3.8) is 0 Å². The molecule has 0 saturated heterocycles. The van der Waals surface area contributed by atoms with Crippen molar-refractivity contribution in [3.8, 4) is 0 Å². The van der Waals surface area contributed by atoms with Crippen LogP contribution in [-0.4, -0.2) is 62.1 Å². The summed E-state index contributed by atoms with van der Waals surface area (Å²) in [7, 11) is 1.57. The van der Waals surface area contributed by atoms with Crippen LogP contribution in [0.4, 0.5) is 10.3 Å². The summed E-state index contributed by atoms with van der Waals surface area (Å²) in [5.41, 5.74) is 1.79. The van der Waals surface area contributed by atoms with Crippen molar-refractivity contribution < 1.29 is 28.9 Å². The van der Waals surface area contributed by atoms with Crippen molar-refractivity contribution in [2.45, 2.75) is 90.0 Å². The number of aryl methyl sites for hydroxylation is 2. The van der Waals surface area contributed by atoms with Crippen LogP contribution in [0.25, 0.3) is 0 Å². The third-order valence-electron chi connectivity index (χ3n) is 6.89. The predicted molar refractivity (Wildman–Crippen MR) is 181 cm³/mol. The fourth-order valence-electron chi connectivity index (χ4n) is 4.54. The highest BCUT2D eigenvalue weighted by Gasteiger charge is 2.28. The molecule has 2 amide bonds. The number of ether oxygens (including phenoxy) is 3. The van der Waals surface area contributed by atoms with Gasteiger partial charge in [-0.05, 0) is 51.7 Å². The fraction of sp³-hybridized carbons (Fsp3) is 0.455.